The molecule has 0 aromatic heterocycles. The second-order valence-corrected chi connectivity index (χ2v) is 9.80. The Bertz CT molecular complexity index is 1270. The van der Waals surface area contributed by atoms with E-state index in [1.165, 1.54) is 13.8 Å². The molecule has 0 spiro atoms. The molecule has 39 heavy (non-hydrogen) atoms. The van der Waals surface area contributed by atoms with Gasteiger partial charge in [-0.3, -0.25) is 9.89 Å². The normalized spacial score (nSPS) is 16.5. The van der Waals surface area contributed by atoms with Gasteiger partial charge in [0.25, 0.3) is 0 Å². The van der Waals surface area contributed by atoms with Crippen molar-refractivity contribution in [3.63, 3.8) is 0 Å². The van der Waals surface area contributed by atoms with Crippen molar-refractivity contribution in [3.8, 4) is 0 Å². The van der Waals surface area contributed by atoms with E-state index in [2.05, 4.69) is 15.2 Å². The minimum absolute atomic E-state index is 0. The second-order valence-electron chi connectivity index (χ2n) is 9.80. The van der Waals surface area contributed by atoms with E-state index in [-0.39, 0.29) is 58.0 Å². The minimum atomic E-state index is -1.66. The zero-order valence-electron chi connectivity index (χ0n) is 22.4. The molecule has 3 aromatic rings. The number of benzene rings is 3. The summed E-state index contributed by atoms with van der Waals surface area (Å²) in [4.78, 5) is 31.9. The Balaban J connectivity index is 0.00000267. The quantitative estimate of drug-likeness (QED) is 0.296. The third-order valence-corrected chi connectivity index (χ3v) is 6.46. The minimum Gasteiger partial charge on any atom is -0.625 e. The summed E-state index contributed by atoms with van der Waals surface area (Å²) in [6.07, 6.45) is 1.64. The standard InChI is InChI=1S/C30H33N3O4.Na.Ni/c1-30(2,37)27(29(35)36)32-26(22-14-7-4-8-15-22)23-16-9-10-17-24(23)31-28(34)25-18-11-19-33(25)20-21-12-5-3-6-13-21;;/h3-10,12-17,25,27,37H,11,18-20H2,1-2H3,(H2,31,32,34,35,36);;/q;+1;/p-2/t25-,27+;;/m0../s1. The molecule has 9 heteroatoms. The Labute approximate surface area is 261 Å². The predicted octanol–water partition coefficient (Wildman–Crippen LogP) is 0.611. The van der Waals surface area contributed by atoms with E-state index in [0.29, 0.717) is 29.1 Å². The fraction of sp³-hybridized carbons (Fsp3) is 0.300. The third kappa shape index (κ3) is 8.58. The fourth-order valence-corrected chi connectivity index (χ4v) is 4.60. The van der Waals surface area contributed by atoms with Crippen LogP contribution in [0.3, 0.4) is 0 Å². The van der Waals surface area contributed by atoms with E-state index in [0.717, 1.165) is 24.9 Å². The van der Waals surface area contributed by atoms with Crippen LogP contribution in [0.1, 0.15) is 43.4 Å². The van der Waals surface area contributed by atoms with Gasteiger partial charge in [0, 0.05) is 28.6 Å². The maximum atomic E-state index is 13.4. The van der Waals surface area contributed by atoms with Crippen LogP contribution in [0.25, 0.3) is 5.32 Å². The number of hydrogen-bond donors (Lipinski definition) is 1. The van der Waals surface area contributed by atoms with Crippen LogP contribution in [0, 0.1) is 0 Å². The summed E-state index contributed by atoms with van der Waals surface area (Å²) in [7, 11) is 0. The van der Waals surface area contributed by atoms with Crippen molar-refractivity contribution in [1.29, 1.82) is 0 Å². The first-order chi connectivity index (χ1) is 17.7. The molecule has 202 valence electrons. The zero-order valence-corrected chi connectivity index (χ0v) is 25.4. The van der Waals surface area contributed by atoms with Gasteiger partial charge in [-0.15, -0.1) is 5.69 Å². The number of para-hydroxylation sites is 1. The van der Waals surface area contributed by atoms with Crippen molar-refractivity contribution in [2.75, 3.05) is 6.54 Å². The summed E-state index contributed by atoms with van der Waals surface area (Å²) >= 11 is 0. The van der Waals surface area contributed by atoms with Gasteiger partial charge >= 0.3 is 29.6 Å². The van der Waals surface area contributed by atoms with Crippen LogP contribution >= 0.6 is 0 Å². The summed E-state index contributed by atoms with van der Waals surface area (Å²) < 4.78 is 0. The monoisotopic (exact) mass is 578 g/mol. The van der Waals surface area contributed by atoms with Crippen molar-refractivity contribution in [1.82, 2.24) is 4.90 Å². The number of aliphatic hydroxyl groups is 1. The average molecular weight is 579 g/mol. The van der Waals surface area contributed by atoms with Crippen LogP contribution in [0.4, 0.5) is 5.69 Å². The smallest absolute Gasteiger partial charge is 0.625 e. The Morgan fingerprint density at radius 2 is 1.62 bits per heavy atom. The summed E-state index contributed by atoms with van der Waals surface area (Å²) in [5.41, 5.74) is 1.33. The summed E-state index contributed by atoms with van der Waals surface area (Å²) in [6, 6.07) is 24.3. The van der Waals surface area contributed by atoms with Gasteiger partial charge in [-0.25, -0.2) is 0 Å². The summed E-state index contributed by atoms with van der Waals surface area (Å²) in [5.74, 6) is -1.74. The molecule has 1 amide bonds. The van der Waals surface area contributed by atoms with Gasteiger partial charge in [0.05, 0.1) is 29.2 Å². The molecule has 1 heterocycles. The van der Waals surface area contributed by atoms with Crippen molar-refractivity contribution < 1.29 is 65.9 Å². The van der Waals surface area contributed by atoms with Crippen LogP contribution < -0.4 is 34.7 Å². The Hall–Kier alpha value is -2.32. The van der Waals surface area contributed by atoms with E-state index in [1.807, 2.05) is 48.5 Å². The molecule has 1 aliphatic rings. The molecular formula is C30H31N3NaNiO4-. The maximum Gasteiger partial charge on any atom is 1.00 e. The largest absolute Gasteiger partial charge is 1.00 e. The first-order valence-electron chi connectivity index (χ1n) is 12.4. The van der Waals surface area contributed by atoms with Crippen molar-refractivity contribution in [3.05, 3.63) is 107 Å². The van der Waals surface area contributed by atoms with Gasteiger partial charge in [0.15, 0.2) is 0 Å². The van der Waals surface area contributed by atoms with Crippen LogP contribution in [0.15, 0.2) is 89.9 Å². The van der Waals surface area contributed by atoms with Crippen LogP contribution in [0.5, 0.6) is 0 Å². The van der Waals surface area contributed by atoms with Crippen LogP contribution in [0.2, 0.25) is 0 Å². The SMILES string of the molecule is CC(C)(O)[C@H](N=C(c1ccccc1)c1ccccc1[N-]C(=O)[C@@H]1CCCN1Cc1ccccc1)C(=O)[O-].[Na+].[Ni]. The number of aliphatic imine (C=N–C) groups is 1. The number of carbonyl (C=O) groups is 2. The van der Waals surface area contributed by atoms with Gasteiger partial charge in [-0.05, 0) is 44.4 Å². The summed E-state index contributed by atoms with van der Waals surface area (Å²) in [5, 5.41) is 26.9. The number of carbonyl (C=O) groups excluding carboxylic acids is 2. The molecule has 1 N–H and O–H groups in total. The average Bonchev–Trinajstić information content (AvgIpc) is 3.33. The van der Waals surface area contributed by atoms with E-state index in [1.54, 1.807) is 36.4 Å². The molecule has 1 saturated heterocycles. The van der Waals surface area contributed by atoms with Crippen molar-refractivity contribution in [2.45, 2.75) is 50.9 Å². The van der Waals surface area contributed by atoms with Crippen molar-refractivity contribution in [2.24, 2.45) is 4.99 Å². The maximum absolute atomic E-state index is 13.4. The number of carboxylic acid groups (broad SMARTS) is 1. The predicted molar refractivity (Wildman–Crippen MR) is 142 cm³/mol. The molecular weight excluding hydrogens is 548 g/mol. The molecule has 2 atom stereocenters. The molecule has 1 fully saturated rings. The van der Waals surface area contributed by atoms with Crippen LogP contribution in [-0.2, 0) is 32.6 Å². The Morgan fingerprint density at radius 3 is 2.23 bits per heavy atom. The first-order valence-corrected chi connectivity index (χ1v) is 12.4. The zero-order chi connectivity index (χ0) is 26.4. The van der Waals surface area contributed by atoms with Crippen molar-refractivity contribution >= 4 is 23.3 Å². The summed E-state index contributed by atoms with van der Waals surface area (Å²) in [6.45, 7) is 4.24. The topological polar surface area (TPSA) is 107 Å². The van der Waals surface area contributed by atoms with Gasteiger partial charge in [0.2, 0.25) is 0 Å². The molecule has 0 bridgehead atoms. The molecule has 4 rings (SSSR count). The van der Waals surface area contributed by atoms with Gasteiger partial charge in [0.1, 0.15) is 6.04 Å². The van der Waals surface area contributed by atoms with E-state index in [9.17, 15) is 19.8 Å². The molecule has 0 radical (unpaired) electrons. The number of hydrogen-bond acceptors (Lipinski definition) is 6. The molecule has 0 saturated carbocycles. The molecule has 0 aliphatic carbocycles. The fourth-order valence-electron chi connectivity index (χ4n) is 4.60. The molecule has 1 aliphatic heterocycles. The van der Waals surface area contributed by atoms with Gasteiger partial charge in [-0.2, -0.15) is 0 Å². The van der Waals surface area contributed by atoms with Gasteiger partial charge < -0.3 is 25.1 Å². The Morgan fingerprint density at radius 1 is 1.03 bits per heavy atom. The number of likely N-dealkylation sites (tertiary alicyclic amines) is 1. The van der Waals surface area contributed by atoms with E-state index >= 15 is 0 Å². The molecule has 3 aromatic carbocycles. The Kier molecular flexibility index (Phi) is 12.6. The van der Waals surface area contributed by atoms with Gasteiger partial charge in [-0.1, -0.05) is 84.9 Å². The third-order valence-electron chi connectivity index (χ3n) is 6.46. The number of carboxylic acids is 1. The van der Waals surface area contributed by atoms with E-state index in [4.69, 9.17) is 0 Å². The number of amides is 1. The first kappa shape index (κ1) is 32.9. The molecule has 0 unspecified atom stereocenters. The number of rotatable bonds is 9. The van der Waals surface area contributed by atoms with Crippen LogP contribution in [-0.4, -0.2) is 51.8 Å². The second kappa shape index (κ2) is 14.9. The van der Waals surface area contributed by atoms with E-state index < -0.39 is 17.6 Å². The number of nitrogens with zero attached hydrogens (tertiary/aromatic N) is 3. The number of aliphatic carboxylic acids is 1. The molecule has 7 nitrogen and oxygen atoms in total.